The maximum Gasteiger partial charge on any atom is 0.274 e. The lowest BCUT2D eigenvalue weighted by molar-refractivity contribution is 0.0956. The highest BCUT2D eigenvalue weighted by Gasteiger charge is 2.22. The first-order valence-corrected chi connectivity index (χ1v) is 8.18. The summed E-state index contributed by atoms with van der Waals surface area (Å²) >= 11 is 0. The van der Waals surface area contributed by atoms with E-state index in [1.54, 1.807) is 29.2 Å². The van der Waals surface area contributed by atoms with E-state index < -0.39 is 0 Å². The van der Waals surface area contributed by atoms with Gasteiger partial charge in [-0.25, -0.2) is 0 Å². The van der Waals surface area contributed by atoms with Gasteiger partial charge in [-0.15, -0.1) is 0 Å². The summed E-state index contributed by atoms with van der Waals surface area (Å²) in [5.74, 6) is -0.706. The fourth-order valence-corrected chi connectivity index (χ4v) is 2.60. The third-order valence-electron chi connectivity index (χ3n) is 4.00. The minimum Gasteiger partial charge on any atom is -0.354 e. The molecular formula is C19H19N5O2. The Morgan fingerprint density at radius 2 is 1.85 bits per heavy atom. The van der Waals surface area contributed by atoms with Crippen LogP contribution in [0.2, 0.25) is 0 Å². The lowest BCUT2D eigenvalue weighted by atomic mass is 10.1. The van der Waals surface area contributed by atoms with Crippen LogP contribution in [0.1, 0.15) is 39.5 Å². The first kappa shape index (κ1) is 17.3. The average Bonchev–Trinajstić information content (AvgIpc) is 3.14. The molecule has 0 aliphatic rings. The van der Waals surface area contributed by atoms with Gasteiger partial charge in [0.25, 0.3) is 11.8 Å². The molecule has 1 unspecified atom stereocenters. The molecule has 7 heteroatoms. The Balaban J connectivity index is 1.98. The van der Waals surface area contributed by atoms with Crippen molar-refractivity contribution in [3.05, 3.63) is 77.9 Å². The van der Waals surface area contributed by atoms with Crippen LogP contribution in [0.4, 0.5) is 5.69 Å². The molecule has 0 spiro atoms. The molecule has 132 valence electrons. The number of amides is 2. The Kier molecular flexibility index (Phi) is 5.07. The van der Waals surface area contributed by atoms with E-state index in [0.29, 0.717) is 11.4 Å². The number of aromatic nitrogens is 3. The zero-order valence-corrected chi connectivity index (χ0v) is 14.5. The van der Waals surface area contributed by atoms with Crippen molar-refractivity contribution in [1.82, 2.24) is 20.1 Å². The van der Waals surface area contributed by atoms with Crippen molar-refractivity contribution in [3.63, 3.8) is 0 Å². The Hall–Kier alpha value is -3.48. The van der Waals surface area contributed by atoms with Crippen molar-refractivity contribution in [2.24, 2.45) is 0 Å². The van der Waals surface area contributed by atoms with E-state index in [0.717, 1.165) is 5.56 Å². The second-order valence-corrected chi connectivity index (χ2v) is 5.72. The molecule has 0 saturated heterocycles. The van der Waals surface area contributed by atoms with Gasteiger partial charge in [0.05, 0.1) is 17.9 Å². The van der Waals surface area contributed by atoms with Crippen LogP contribution < -0.4 is 10.6 Å². The molecule has 0 aliphatic carbocycles. The predicted molar refractivity (Wildman–Crippen MR) is 98.1 cm³/mol. The van der Waals surface area contributed by atoms with Gasteiger partial charge in [0.2, 0.25) is 0 Å². The first-order valence-electron chi connectivity index (χ1n) is 8.18. The van der Waals surface area contributed by atoms with Gasteiger partial charge in [-0.1, -0.05) is 30.3 Å². The van der Waals surface area contributed by atoms with Gasteiger partial charge >= 0.3 is 0 Å². The molecule has 0 radical (unpaired) electrons. The molecule has 7 nitrogen and oxygen atoms in total. The maximum absolute atomic E-state index is 12.8. The largest absolute Gasteiger partial charge is 0.354 e. The molecule has 2 amide bonds. The molecule has 2 N–H and O–H groups in total. The molecular weight excluding hydrogens is 330 g/mol. The normalized spacial score (nSPS) is 11.6. The van der Waals surface area contributed by atoms with Gasteiger partial charge in [0.1, 0.15) is 5.69 Å². The Labute approximate surface area is 151 Å². The van der Waals surface area contributed by atoms with Gasteiger partial charge in [-0.3, -0.25) is 19.3 Å². The third-order valence-corrected chi connectivity index (χ3v) is 4.00. The van der Waals surface area contributed by atoms with E-state index in [1.165, 1.54) is 13.1 Å². The quantitative estimate of drug-likeness (QED) is 0.741. The van der Waals surface area contributed by atoms with Crippen LogP contribution in [0.3, 0.4) is 0 Å². The number of nitrogens with one attached hydrogen (secondary N) is 2. The summed E-state index contributed by atoms with van der Waals surface area (Å²) in [6.45, 7) is 1.93. The molecule has 26 heavy (non-hydrogen) atoms. The number of carbonyl (C=O) groups is 2. The smallest absolute Gasteiger partial charge is 0.274 e. The number of benzene rings is 1. The lowest BCUT2D eigenvalue weighted by Gasteiger charge is -2.16. The fourth-order valence-electron chi connectivity index (χ4n) is 2.60. The number of anilines is 1. The van der Waals surface area contributed by atoms with E-state index in [9.17, 15) is 9.59 Å². The standard InChI is InChI=1S/C19H19N5O2/c1-13(14-7-4-3-5-8-14)24-17(11-16(23-24)18(25)20-2)19(26)22-15-9-6-10-21-12-15/h3-13H,1-2H3,(H,20,25)(H,22,26). The van der Waals surface area contributed by atoms with Crippen LogP contribution in [0.15, 0.2) is 60.9 Å². The van der Waals surface area contributed by atoms with Gasteiger partial charge < -0.3 is 10.6 Å². The number of hydrogen-bond acceptors (Lipinski definition) is 4. The summed E-state index contributed by atoms with van der Waals surface area (Å²) in [5.41, 5.74) is 2.03. The van der Waals surface area contributed by atoms with E-state index in [4.69, 9.17) is 0 Å². The minimum atomic E-state index is -0.358. The van der Waals surface area contributed by atoms with Crippen molar-refractivity contribution in [1.29, 1.82) is 0 Å². The number of pyridine rings is 1. The van der Waals surface area contributed by atoms with Crippen molar-refractivity contribution in [2.75, 3.05) is 12.4 Å². The summed E-state index contributed by atoms with van der Waals surface area (Å²) in [6.07, 6.45) is 3.18. The molecule has 3 rings (SSSR count). The second-order valence-electron chi connectivity index (χ2n) is 5.72. The van der Waals surface area contributed by atoms with E-state index >= 15 is 0 Å². The van der Waals surface area contributed by atoms with Crippen molar-refractivity contribution >= 4 is 17.5 Å². The molecule has 0 aliphatic heterocycles. The van der Waals surface area contributed by atoms with Crippen LogP contribution in [-0.2, 0) is 0 Å². The van der Waals surface area contributed by atoms with E-state index in [1.807, 2.05) is 37.3 Å². The van der Waals surface area contributed by atoms with Crippen LogP contribution in [-0.4, -0.2) is 33.6 Å². The van der Waals surface area contributed by atoms with Crippen LogP contribution in [0, 0.1) is 0 Å². The van der Waals surface area contributed by atoms with E-state index in [2.05, 4.69) is 20.7 Å². The maximum atomic E-state index is 12.8. The van der Waals surface area contributed by atoms with Gasteiger partial charge in [0, 0.05) is 19.3 Å². The molecule has 1 atom stereocenters. The first-order chi connectivity index (χ1) is 12.6. The fraction of sp³-hybridized carbons (Fsp3) is 0.158. The molecule has 0 saturated carbocycles. The Morgan fingerprint density at radius 1 is 1.08 bits per heavy atom. The Bertz CT molecular complexity index is 906. The molecule has 0 fully saturated rings. The number of hydrogen-bond donors (Lipinski definition) is 2. The number of nitrogens with zero attached hydrogens (tertiary/aromatic N) is 3. The molecule has 1 aromatic carbocycles. The van der Waals surface area contributed by atoms with Crippen molar-refractivity contribution in [3.8, 4) is 0 Å². The summed E-state index contributed by atoms with van der Waals surface area (Å²) in [7, 11) is 1.53. The lowest BCUT2D eigenvalue weighted by Crippen LogP contribution is -2.21. The molecule has 2 heterocycles. The van der Waals surface area contributed by atoms with Crippen molar-refractivity contribution < 1.29 is 9.59 Å². The highest BCUT2D eigenvalue weighted by atomic mass is 16.2. The summed E-state index contributed by atoms with van der Waals surface area (Å²) < 4.78 is 1.56. The third kappa shape index (κ3) is 3.61. The Morgan fingerprint density at radius 3 is 2.50 bits per heavy atom. The van der Waals surface area contributed by atoms with Crippen molar-refractivity contribution in [2.45, 2.75) is 13.0 Å². The topological polar surface area (TPSA) is 88.9 Å². The minimum absolute atomic E-state index is 0.187. The zero-order chi connectivity index (χ0) is 18.5. The van der Waals surface area contributed by atoms with Crippen LogP contribution in [0.25, 0.3) is 0 Å². The van der Waals surface area contributed by atoms with Crippen LogP contribution in [0.5, 0.6) is 0 Å². The highest BCUT2D eigenvalue weighted by molar-refractivity contribution is 6.04. The summed E-state index contributed by atoms with van der Waals surface area (Å²) in [5, 5.41) is 9.66. The average molecular weight is 349 g/mol. The van der Waals surface area contributed by atoms with Gasteiger partial charge in [-0.2, -0.15) is 5.10 Å². The monoisotopic (exact) mass is 349 g/mol. The molecule has 2 aromatic heterocycles. The van der Waals surface area contributed by atoms with Crippen LogP contribution >= 0.6 is 0 Å². The number of rotatable bonds is 5. The second kappa shape index (κ2) is 7.60. The predicted octanol–water partition coefficient (Wildman–Crippen LogP) is 2.50. The molecule has 0 bridgehead atoms. The molecule has 3 aromatic rings. The van der Waals surface area contributed by atoms with Gasteiger partial charge in [-0.05, 0) is 24.6 Å². The SMILES string of the molecule is CNC(=O)c1cc(C(=O)Nc2cccnc2)n(C(C)c2ccccc2)n1. The van der Waals surface area contributed by atoms with Gasteiger partial charge in [0.15, 0.2) is 5.69 Å². The van der Waals surface area contributed by atoms with E-state index in [-0.39, 0.29) is 23.6 Å². The summed E-state index contributed by atoms with van der Waals surface area (Å²) in [4.78, 5) is 28.7. The highest BCUT2D eigenvalue weighted by Crippen LogP contribution is 2.21. The summed E-state index contributed by atoms with van der Waals surface area (Å²) in [6, 6.07) is 14.4. The zero-order valence-electron chi connectivity index (χ0n) is 14.5. The number of carbonyl (C=O) groups excluding carboxylic acids is 2.